The van der Waals surface area contributed by atoms with Gasteiger partial charge in [-0.05, 0) is 51.8 Å². The highest BCUT2D eigenvalue weighted by molar-refractivity contribution is 7.89. The van der Waals surface area contributed by atoms with Crippen LogP contribution >= 0.6 is 0 Å². The van der Waals surface area contributed by atoms with E-state index in [-0.39, 0.29) is 10.5 Å². The van der Waals surface area contributed by atoms with Crippen molar-refractivity contribution in [1.29, 1.82) is 0 Å². The molecule has 0 spiro atoms. The zero-order chi connectivity index (χ0) is 15.0. The fourth-order valence-corrected chi connectivity index (χ4v) is 3.48. The summed E-state index contributed by atoms with van der Waals surface area (Å²) >= 11 is 0. The van der Waals surface area contributed by atoms with Crippen LogP contribution in [0.15, 0.2) is 17.0 Å². The van der Waals surface area contributed by atoms with Crippen LogP contribution in [0.1, 0.15) is 42.3 Å². The zero-order valence-electron chi connectivity index (χ0n) is 11.7. The predicted molar refractivity (Wildman–Crippen MR) is 72.9 cm³/mol. The highest BCUT2D eigenvalue weighted by Gasteiger charge is 2.25. The maximum atomic E-state index is 12.3. The highest BCUT2D eigenvalue weighted by Crippen LogP contribution is 2.22. The third kappa shape index (κ3) is 3.78. The van der Waals surface area contributed by atoms with Gasteiger partial charge in [-0.15, -0.1) is 0 Å². The Morgan fingerprint density at radius 3 is 2.11 bits per heavy atom. The fraction of sp³-hybridized carbons (Fsp3) is 0.462. The molecule has 2 N–H and O–H groups in total. The average molecular weight is 285 g/mol. The van der Waals surface area contributed by atoms with Crippen molar-refractivity contribution in [2.24, 2.45) is 0 Å². The van der Waals surface area contributed by atoms with Crippen LogP contribution in [0.2, 0.25) is 0 Å². The smallest absolute Gasteiger partial charge is 0.335 e. The van der Waals surface area contributed by atoms with Gasteiger partial charge in [0.2, 0.25) is 10.0 Å². The summed E-state index contributed by atoms with van der Waals surface area (Å²) in [5.41, 5.74) is 0.443. The van der Waals surface area contributed by atoms with E-state index in [9.17, 15) is 13.2 Å². The molecule has 0 amide bonds. The molecule has 0 aromatic heterocycles. The van der Waals surface area contributed by atoms with Crippen molar-refractivity contribution in [3.8, 4) is 0 Å². The van der Waals surface area contributed by atoms with Crippen LogP contribution in [-0.4, -0.2) is 25.0 Å². The van der Waals surface area contributed by atoms with Crippen molar-refractivity contribution in [1.82, 2.24) is 4.72 Å². The van der Waals surface area contributed by atoms with Crippen LogP contribution < -0.4 is 4.72 Å². The second-order valence-corrected chi connectivity index (χ2v) is 7.24. The predicted octanol–water partition coefficient (Wildman–Crippen LogP) is 2.08. The van der Waals surface area contributed by atoms with Crippen LogP contribution in [0.25, 0.3) is 0 Å². The molecule has 0 saturated carbocycles. The van der Waals surface area contributed by atoms with Crippen molar-refractivity contribution in [3.05, 3.63) is 28.8 Å². The lowest BCUT2D eigenvalue weighted by Crippen LogP contribution is -2.40. The normalized spacial score (nSPS) is 12.5. The van der Waals surface area contributed by atoms with E-state index in [0.717, 1.165) is 0 Å². The van der Waals surface area contributed by atoms with Gasteiger partial charge in [-0.2, -0.15) is 0 Å². The molecule has 0 fully saturated rings. The number of hydrogen-bond acceptors (Lipinski definition) is 3. The lowest BCUT2D eigenvalue weighted by Gasteiger charge is -2.21. The first-order valence-corrected chi connectivity index (χ1v) is 7.31. The van der Waals surface area contributed by atoms with Gasteiger partial charge in [-0.3, -0.25) is 0 Å². The minimum Gasteiger partial charge on any atom is -0.478 e. The van der Waals surface area contributed by atoms with Crippen LogP contribution in [0.5, 0.6) is 0 Å². The maximum Gasteiger partial charge on any atom is 0.335 e. The molecule has 106 valence electrons. The number of sulfonamides is 1. The van der Waals surface area contributed by atoms with Gasteiger partial charge in [0, 0.05) is 5.54 Å². The molecule has 1 aromatic rings. The Labute approximate surface area is 113 Å². The SMILES string of the molecule is Cc1cc(C)c(S(=O)(=O)NC(C)(C)C)cc1C(=O)O. The van der Waals surface area contributed by atoms with E-state index < -0.39 is 21.5 Å². The molecule has 0 unspecified atom stereocenters. The molecule has 1 rings (SSSR count). The second kappa shape index (κ2) is 4.94. The Balaban J connectivity index is 3.43. The Bertz CT molecular complexity index is 612. The molecule has 5 nitrogen and oxygen atoms in total. The van der Waals surface area contributed by atoms with Gasteiger partial charge in [0.25, 0.3) is 0 Å². The van der Waals surface area contributed by atoms with Crippen LogP contribution in [0.3, 0.4) is 0 Å². The van der Waals surface area contributed by atoms with E-state index in [4.69, 9.17) is 5.11 Å². The van der Waals surface area contributed by atoms with Crippen molar-refractivity contribution in [2.45, 2.75) is 45.1 Å². The van der Waals surface area contributed by atoms with E-state index in [1.165, 1.54) is 6.07 Å². The number of aryl methyl sites for hydroxylation is 2. The molecule has 0 bridgehead atoms. The van der Waals surface area contributed by atoms with Crippen molar-refractivity contribution in [2.75, 3.05) is 0 Å². The van der Waals surface area contributed by atoms with Crippen molar-refractivity contribution >= 4 is 16.0 Å². The first-order chi connectivity index (χ1) is 8.44. The fourth-order valence-electron chi connectivity index (χ4n) is 1.81. The summed E-state index contributed by atoms with van der Waals surface area (Å²) in [6.45, 7) is 8.48. The zero-order valence-corrected chi connectivity index (χ0v) is 12.6. The Morgan fingerprint density at radius 2 is 1.68 bits per heavy atom. The van der Waals surface area contributed by atoms with Crippen LogP contribution in [0, 0.1) is 13.8 Å². The molecule has 19 heavy (non-hydrogen) atoms. The average Bonchev–Trinajstić information content (AvgIpc) is 2.11. The molecule has 0 aliphatic heterocycles. The summed E-state index contributed by atoms with van der Waals surface area (Å²) in [5.74, 6) is -1.13. The number of carboxylic acid groups (broad SMARTS) is 1. The van der Waals surface area contributed by atoms with Crippen molar-refractivity contribution < 1.29 is 18.3 Å². The topological polar surface area (TPSA) is 83.5 Å². The molecule has 0 saturated heterocycles. The van der Waals surface area contributed by atoms with Crippen molar-refractivity contribution in [3.63, 3.8) is 0 Å². The molecular formula is C13H19NO4S. The minimum atomic E-state index is -3.73. The van der Waals surface area contributed by atoms with Gasteiger partial charge >= 0.3 is 5.97 Å². The molecule has 0 radical (unpaired) electrons. The number of carboxylic acids is 1. The number of rotatable bonds is 3. The molecular weight excluding hydrogens is 266 g/mol. The largest absolute Gasteiger partial charge is 0.478 e. The number of carbonyl (C=O) groups is 1. The molecule has 0 aliphatic carbocycles. The van der Waals surface area contributed by atoms with E-state index in [2.05, 4.69) is 4.72 Å². The molecule has 1 aromatic carbocycles. The maximum absolute atomic E-state index is 12.3. The quantitative estimate of drug-likeness (QED) is 0.890. The van der Waals surface area contributed by atoms with Gasteiger partial charge in [-0.25, -0.2) is 17.9 Å². The van der Waals surface area contributed by atoms with Gasteiger partial charge in [0.05, 0.1) is 10.5 Å². The molecule has 0 atom stereocenters. The Morgan fingerprint density at radius 1 is 1.16 bits per heavy atom. The van der Waals surface area contributed by atoms with Gasteiger partial charge in [-0.1, -0.05) is 6.07 Å². The summed E-state index contributed by atoms with van der Waals surface area (Å²) in [6, 6.07) is 2.78. The molecule has 0 heterocycles. The number of benzene rings is 1. The van der Waals surface area contributed by atoms with E-state index >= 15 is 0 Å². The van der Waals surface area contributed by atoms with Gasteiger partial charge in [0.15, 0.2) is 0 Å². The van der Waals surface area contributed by atoms with Crippen LogP contribution in [0.4, 0.5) is 0 Å². The summed E-state index contributed by atoms with van der Waals surface area (Å²) in [5, 5.41) is 9.06. The molecule has 6 heteroatoms. The lowest BCUT2D eigenvalue weighted by molar-refractivity contribution is 0.0696. The van der Waals surface area contributed by atoms with Gasteiger partial charge in [0.1, 0.15) is 0 Å². The number of hydrogen-bond donors (Lipinski definition) is 2. The number of aromatic carboxylic acids is 1. The molecule has 0 aliphatic rings. The highest BCUT2D eigenvalue weighted by atomic mass is 32.2. The summed E-state index contributed by atoms with van der Waals surface area (Å²) in [6.07, 6.45) is 0. The number of nitrogens with one attached hydrogen (secondary N) is 1. The van der Waals surface area contributed by atoms with E-state index in [1.54, 1.807) is 40.7 Å². The van der Waals surface area contributed by atoms with Crippen LogP contribution in [-0.2, 0) is 10.0 Å². The Hall–Kier alpha value is -1.40. The second-order valence-electron chi connectivity index (χ2n) is 5.59. The van der Waals surface area contributed by atoms with E-state index in [0.29, 0.717) is 11.1 Å². The Kier molecular flexibility index (Phi) is 4.07. The lowest BCUT2D eigenvalue weighted by atomic mass is 10.1. The monoisotopic (exact) mass is 285 g/mol. The third-order valence-electron chi connectivity index (χ3n) is 2.48. The third-order valence-corrected chi connectivity index (χ3v) is 4.38. The summed E-state index contributed by atoms with van der Waals surface area (Å²) in [4.78, 5) is 11.1. The summed E-state index contributed by atoms with van der Waals surface area (Å²) in [7, 11) is -3.73. The first-order valence-electron chi connectivity index (χ1n) is 5.82. The standard InChI is InChI=1S/C13H19NO4S/c1-8-6-9(2)11(7-10(8)12(15)16)19(17,18)14-13(3,4)5/h6-7,14H,1-5H3,(H,15,16). The summed E-state index contributed by atoms with van der Waals surface area (Å²) < 4.78 is 27.0. The van der Waals surface area contributed by atoms with Gasteiger partial charge < -0.3 is 5.11 Å². The van der Waals surface area contributed by atoms with E-state index in [1.807, 2.05) is 0 Å². The first kappa shape index (κ1) is 15.7. The minimum absolute atomic E-state index is 0.000107.